The minimum atomic E-state index is 0.260. The van der Waals surface area contributed by atoms with E-state index >= 15 is 0 Å². The van der Waals surface area contributed by atoms with Crippen LogP contribution in [-0.2, 0) is 6.42 Å². The number of hydrogen-bond donors (Lipinski definition) is 2. The predicted octanol–water partition coefficient (Wildman–Crippen LogP) is 0.677. The van der Waals surface area contributed by atoms with E-state index in [2.05, 4.69) is 31.2 Å². The molecule has 2 aliphatic heterocycles. The number of benzene rings is 1. The summed E-state index contributed by atoms with van der Waals surface area (Å²) < 4.78 is 6.14. The average molecular weight is 296 g/mol. The van der Waals surface area contributed by atoms with Crippen molar-refractivity contribution in [1.82, 2.24) is 4.90 Å². The lowest BCUT2D eigenvalue weighted by Gasteiger charge is -2.39. The first kappa shape index (κ1) is 15.0. The standard InChI is InChI=1S/C17H23BN3O/c1-12-16(5-4-13-6-7-18-17(12)13)22-15-10-21(11-15)9-14(20)3-2-8-19/h2-5,8,15H,6-7,9-11,19-20H2,1H3/b8-2-,14-3-. The summed E-state index contributed by atoms with van der Waals surface area (Å²) >= 11 is 0. The van der Waals surface area contributed by atoms with E-state index in [1.54, 1.807) is 6.08 Å². The van der Waals surface area contributed by atoms with Gasteiger partial charge in [0.1, 0.15) is 11.9 Å². The second kappa shape index (κ2) is 6.49. The first-order valence-electron chi connectivity index (χ1n) is 7.85. The summed E-state index contributed by atoms with van der Waals surface area (Å²) in [6.07, 6.45) is 7.66. The summed E-state index contributed by atoms with van der Waals surface area (Å²) in [5.41, 5.74) is 16.2. The zero-order valence-electron chi connectivity index (χ0n) is 13.1. The van der Waals surface area contributed by atoms with Gasteiger partial charge in [0, 0.05) is 25.3 Å². The molecule has 4 nitrogen and oxygen atoms in total. The van der Waals surface area contributed by atoms with Crippen molar-refractivity contribution in [3.63, 3.8) is 0 Å². The van der Waals surface area contributed by atoms with E-state index in [4.69, 9.17) is 16.2 Å². The maximum absolute atomic E-state index is 6.14. The minimum absolute atomic E-state index is 0.260. The molecular weight excluding hydrogens is 273 g/mol. The molecule has 1 fully saturated rings. The molecule has 1 radical (unpaired) electrons. The number of hydrogen-bond acceptors (Lipinski definition) is 4. The van der Waals surface area contributed by atoms with Crippen molar-refractivity contribution in [3.8, 4) is 5.75 Å². The van der Waals surface area contributed by atoms with E-state index in [1.807, 2.05) is 6.08 Å². The van der Waals surface area contributed by atoms with Gasteiger partial charge in [0.15, 0.2) is 7.28 Å². The summed E-state index contributed by atoms with van der Waals surface area (Å²) in [6, 6.07) is 4.33. The van der Waals surface area contributed by atoms with Crippen molar-refractivity contribution in [1.29, 1.82) is 0 Å². The molecule has 0 aromatic heterocycles. The number of fused-ring (bicyclic) bond motifs is 1. The SMILES string of the molecule is Cc1c(OC2CN(C/C(N)=C/C=C\N)C2)ccc2c1[B]CC2. The Bertz CT molecular complexity index is 606. The van der Waals surface area contributed by atoms with E-state index in [9.17, 15) is 0 Å². The van der Waals surface area contributed by atoms with Crippen molar-refractivity contribution in [2.24, 2.45) is 11.5 Å². The molecule has 2 heterocycles. The lowest BCUT2D eigenvalue weighted by atomic mass is 9.70. The molecule has 2 aliphatic rings. The first-order valence-corrected chi connectivity index (χ1v) is 7.85. The second-order valence-corrected chi connectivity index (χ2v) is 6.06. The Hall–Kier alpha value is -1.88. The van der Waals surface area contributed by atoms with E-state index < -0.39 is 0 Å². The Morgan fingerprint density at radius 3 is 3.05 bits per heavy atom. The van der Waals surface area contributed by atoms with Crippen LogP contribution >= 0.6 is 0 Å². The first-order chi connectivity index (χ1) is 10.7. The fourth-order valence-electron chi connectivity index (χ4n) is 3.16. The van der Waals surface area contributed by atoms with Crippen LogP contribution in [0, 0.1) is 6.92 Å². The molecule has 0 aliphatic carbocycles. The summed E-state index contributed by atoms with van der Waals surface area (Å²) in [4.78, 5) is 2.27. The van der Waals surface area contributed by atoms with Gasteiger partial charge >= 0.3 is 0 Å². The molecule has 22 heavy (non-hydrogen) atoms. The largest absolute Gasteiger partial charge is 0.488 e. The van der Waals surface area contributed by atoms with E-state index in [1.165, 1.54) is 22.8 Å². The highest BCUT2D eigenvalue weighted by atomic mass is 16.5. The van der Waals surface area contributed by atoms with Crippen molar-refractivity contribution in [3.05, 3.63) is 47.3 Å². The molecular formula is C17H23BN3O. The van der Waals surface area contributed by atoms with Crippen LogP contribution in [0.1, 0.15) is 11.1 Å². The summed E-state index contributed by atoms with van der Waals surface area (Å²) in [6.45, 7) is 4.76. The molecule has 0 spiro atoms. The van der Waals surface area contributed by atoms with Gasteiger partial charge < -0.3 is 16.2 Å². The van der Waals surface area contributed by atoms with Gasteiger partial charge in [-0.15, -0.1) is 0 Å². The van der Waals surface area contributed by atoms with Gasteiger partial charge in [-0.05, 0) is 43.3 Å². The van der Waals surface area contributed by atoms with Gasteiger partial charge in [0.05, 0.1) is 0 Å². The van der Waals surface area contributed by atoms with E-state index in [0.717, 1.165) is 43.8 Å². The minimum Gasteiger partial charge on any atom is -0.488 e. The lowest BCUT2D eigenvalue weighted by molar-refractivity contribution is 0.0260. The molecule has 4 N–H and O–H groups in total. The highest BCUT2D eigenvalue weighted by molar-refractivity contribution is 6.56. The average Bonchev–Trinajstić information content (AvgIpc) is 2.94. The molecule has 0 unspecified atom stereocenters. The van der Waals surface area contributed by atoms with Gasteiger partial charge in [0.2, 0.25) is 0 Å². The van der Waals surface area contributed by atoms with E-state index in [-0.39, 0.29) is 6.10 Å². The second-order valence-electron chi connectivity index (χ2n) is 6.06. The lowest BCUT2D eigenvalue weighted by Crippen LogP contribution is -2.54. The third-order valence-corrected chi connectivity index (χ3v) is 4.36. The van der Waals surface area contributed by atoms with Crippen LogP contribution < -0.4 is 21.7 Å². The maximum atomic E-state index is 6.14. The Labute approximate surface area is 133 Å². The number of likely N-dealkylation sites (tertiary alicyclic amines) is 1. The van der Waals surface area contributed by atoms with Crippen LogP contribution in [0.25, 0.3) is 0 Å². The van der Waals surface area contributed by atoms with Crippen LogP contribution in [0.5, 0.6) is 5.75 Å². The normalized spacial score (nSPS) is 19.0. The molecule has 0 amide bonds. The van der Waals surface area contributed by atoms with Gasteiger partial charge in [-0.2, -0.15) is 0 Å². The zero-order valence-corrected chi connectivity index (χ0v) is 13.1. The third kappa shape index (κ3) is 3.14. The Balaban J connectivity index is 1.53. The number of ether oxygens (including phenoxy) is 1. The molecule has 1 aromatic carbocycles. The van der Waals surface area contributed by atoms with Gasteiger partial charge in [-0.1, -0.05) is 23.4 Å². The number of aryl methyl sites for hydroxylation is 1. The monoisotopic (exact) mass is 296 g/mol. The fourth-order valence-corrected chi connectivity index (χ4v) is 3.16. The van der Waals surface area contributed by atoms with Crippen molar-refractivity contribution < 1.29 is 4.74 Å². The number of nitrogens with two attached hydrogens (primary N) is 2. The molecule has 0 bridgehead atoms. The predicted molar refractivity (Wildman–Crippen MR) is 91.5 cm³/mol. The molecule has 3 rings (SSSR count). The smallest absolute Gasteiger partial charge is 0.152 e. The molecule has 0 atom stereocenters. The zero-order chi connectivity index (χ0) is 15.5. The van der Waals surface area contributed by atoms with Crippen molar-refractivity contribution in [2.45, 2.75) is 25.8 Å². The number of nitrogens with zero attached hydrogens (tertiary/aromatic N) is 1. The van der Waals surface area contributed by atoms with Crippen LogP contribution in [0.3, 0.4) is 0 Å². The highest BCUT2D eigenvalue weighted by Gasteiger charge is 2.29. The van der Waals surface area contributed by atoms with Crippen molar-refractivity contribution >= 4 is 12.7 Å². The van der Waals surface area contributed by atoms with E-state index in [0.29, 0.717) is 0 Å². The van der Waals surface area contributed by atoms with Gasteiger partial charge in [0.25, 0.3) is 0 Å². The van der Waals surface area contributed by atoms with Gasteiger partial charge in [-0.25, -0.2) is 0 Å². The molecule has 1 aromatic rings. The van der Waals surface area contributed by atoms with Crippen LogP contribution in [-0.4, -0.2) is 37.9 Å². The highest BCUT2D eigenvalue weighted by Crippen LogP contribution is 2.24. The van der Waals surface area contributed by atoms with Crippen LogP contribution in [0.4, 0.5) is 0 Å². The summed E-state index contributed by atoms with van der Waals surface area (Å²) in [5, 5.41) is 0. The fraction of sp³-hybridized carbons (Fsp3) is 0.412. The molecule has 0 saturated carbocycles. The van der Waals surface area contributed by atoms with Crippen LogP contribution in [0.15, 0.2) is 36.2 Å². The van der Waals surface area contributed by atoms with Crippen LogP contribution in [0.2, 0.25) is 6.32 Å². The third-order valence-electron chi connectivity index (χ3n) is 4.36. The topological polar surface area (TPSA) is 64.5 Å². The maximum Gasteiger partial charge on any atom is 0.152 e. The number of allylic oxidation sites excluding steroid dienone is 2. The quantitative estimate of drug-likeness (QED) is 0.619. The van der Waals surface area contributed by atoms with Crippen molar-refractivity contribution in [2.75, 3.05) is 19.6 Å². The Kier molecular flexibility index (Phi) is 4.43. The molecule has 1 saturated heterocycles. The Morgan fingerprint density at radius 2 is 2.27 bits per heavy atom. The molecule has 115 valence electrons. The number of rotatable bonds is 5. The van der Waals surface area contributed by atoms with Gasteiger partial charge in [-0.3, -0.25) is 4.90 Å². The summed E-state index contributed by atoms with van der Waals surface area (Å²) in [5.74, 6) is 1.02. The Morgan fingerprint density at radius 1 is 1.45 bits per heavy atom. The summed E-state index contributed by atoms with van der Waals surface area (Å²) in [7, 11) is 2.32. The molecule has 5 heteroatoms.